The Balaban J connectivity index is 1.67. The first-order valence-electron chi connectivity index (χ1n) is 7.91. The van der Waals surface area contributed by atoms with Crippen molar-refractivity contribution in [3.63, 3.8) is 0 Å². The highest BCUT2D eigenvalue weighted by molar-refractivity contribution is 5.94. The van der Waals surface area contributed by atoms with Crippen molar-refractivity contribution in [2.45, 2.75) is 13.3 Å². The number of carbonyl (C=O) groups is 1. The van der Waals surface area contributed by atoms with Gasteiger partial charge in [0.2, 0.25) is 5.78 Å². The second kappa shape index (κ2) is 5.98. The van der Waals surface area contributed by atoms with E-state index < -0.39 is 0 Å². The van der Waals surface area contributed by atoms with E-state index in [4.69, 9.17) is 4.42 Å². The van der Waals surface area contributed by atoms with Crippen LogP contribution in [0.4, 0.5) is 0 Å². The molecule has 0 aliphatic heterocycles. The third-order valence-electron chi connectivity index (χ3n) is 4.09. The first kappa shape index (κ1) is 15.3. The minimum Gasteiger partial charge on any atom is -0.439 e. The number of nitrogens with zero attached hydrogens (tertiary/aromatic N) is 4. The number of benzene rings is 1. The Labute approximate surface area is 144 Å². The first-order valence-corrected chi connectivity index (χ1v) is 7.91. The molecule has 0 aliphatic carbocycles. The number of aromatic nitrogens is 4. The van der Waals surface area contributed by atoms with E-state index in [9.17, 15) is 4.79 Å². The third-order valence-corrected chi connectivity index (χ3v) is 4.09. The average molecular weight is 332 g/mol. The van der Waals surface area contributed by atoms with Gasteiger partial charge in [-0.2, -0.15) is 0 Å². The molecular weight excluding hydrogens is 316 g/mol. The smallest absolute Gasteiger partial charge is 0.263 e. The Kier molecular flexibility index (Phi) is 3.65. The zero-order valence-corrected chi connectivity index (χ0v) is 13.9. The van der Waals surface area contributed by atoms with E-state index in [0.29, 0.717) is 11.5 Å². The Morgan fingerprint density at radius 3 is 2.72 bits per heavy atom. The van der Waals surface area contributed by atoms with Crippen molar-refractivity contribution < 1.29 is 9.21 Å². The van der Waals surface area contributed by atoms with Crippen LogP contribution in [0.5, 0.6) is 0 Å². The van der Waals surface area contributed by atoms with Crippen LogP contribution < -0.4 is 0 Å². The summed E-state index contributed by atoms with van der Waals surface area (Å²) in [4.78, 5) is 24.8. The van der Waals surface area contributed by atoms with Gasteiger partial charge in [-0.3, -0.25) is 9.78 Å². The molecule has 1 aromatic carbocycles. The Hall–Kier alpha value is -3.28. The fourth-order valence-corrected chi connectivity index (χ4v) is 2.80. The summed E-state index contributed by atoms with van der Waals surface area (Å²) in [5, 5.41) is 2.05. The highest BCUT2D eigenvalue weighted by atomic mass is 16.4. The highest BCUT2D eigenvalue weighted by Crippen LogP contribution is 2.24. The largest absolute Gasteiger partial charge is 0.439 e. The predicted molar refractivity (Wildman–Crippen MR) is 93.2 cm³/mol. The lowest BCUT2D eigenvalue weighted by Gasteiger charge is -2.06. The zero-order chi connectivity index (χ0) is 17.4. The van der Waals surface area contributed by atoms with Crippen molar-refractivity contribution in [1.29, 1.82) is 0 Å². The second-order valence-electron chi connectivity index (χ2n) is 6.00. The monoisotopic (exact) mass is 332 g/mol. The number of Topliss-reactive ketones (excluding diaryl/α,β-unsaturated/α-hetero) is 1. The van der Waals surface area contributed by atoms with Crippen LogP contribution in [0.3, 0.4) is 0 Å². The summed E-state index contributed by atoms with van der Waals surface area (Å²) in [6.45, 7) is 1.76. The standard InChI is InChI=1S/C19H16N4O2/c1-12-8-22-19(25-12)18(24)7-16-6-15-5-13(3-4-14(15)9-21-16)17-10-20-11-23(17)2/h3-6,8-11H,7H2,1-2H3. The molecular formula is C19H16N4O2. The molecule has 0 saturated carbocycles. The molecule has 25 heavy (non-hydrogen) atoms. The number of hydrogen-bond acceptors (Lipinski definition) is 5. The summed E-state index contributed by atoms with van der Waals surface area (Å²) < 4.78 is 7.26. The predicted octanol–water partition coefficient (Wildman–Crippen LogP) is 3.36. The van der Waals surface area contributed by atoms with E-state index in [0.717, 1.165) is 22.0 Å². The van der Waals surface area contributed by atoms with Gasteiger partial charge in [0.1, 0.15) is 5.76 Å². The van der Waals surface area contributed by atoms with E-state index in [1.807, 2.05) is 36.0 Å². The Bertz CT molecular complexity index is 1080. The molecule has 0 aliphatic rings. The number of ketones is 1. The molecule has 0 amide bonds. The molecule has 3 heterocycles. The average Bonchev–Trinajstić information content (AvgIpc) is 3.22. The van der Waals surface area contributed by atoms with Crippen LogP contribution in [0.15, 0.2) is 53.6 Å². The SMILES string of the molecule is Cc1cnc(C(=O)Cc2cc3cc(-c4cncn4C)ccc3cn2)o1. The summed E-state index contributed by atoms with van der Waals surface area (Å²) >= 11 is 0. The molecule has 4 rings (SSSR count). The van der Waals surface area contributed by atoms with Gasteiger partial charge in [-0.1, -0.05) is 12.1 Å². The van der Waals surface area contributed by atoms with Gasteiger partial charge in [-0.05, 0) is 24.4 Å². The number of hydrogen-bond donors (Lipinski definition) is 0. The van der Waals surface area contributed by atoms with Gasteiger partial charge in [0, 0.05) is 29.9 Å². The van der Waals surface area contributed by atoms with Crippen molar-refractivity contribution in [2.75, 3.05) is 0 Å². The van der Waals surface area contributed by atoms with Gasteiger partial charge in [0.15, 0.2) is 0 Å². The van der Waals surface area contributed by atoms with Gasteiger partial charge in [0.05, 0.1) is 30.8 Å². The first-order chi connectivity index (χ1) is 12.1. The third kappa shape index (κ3) is 2.94. The molecule has 6 heteroatoms. The second-order valence-corrected chi connectivity index (χ2v) is 6.00. The summed E-state index contributed by atoms with van der Waals surface area (Å²) in [5.41, 5.74) is 2.79. The van der Waals surface area contributed by atoms with Gasteiger partial charge < -0.3 is 8.98 Å². The molecule has 0 fully saturated rings. The number of carbonyl (C=O) groups excluding carboxylic acids is 1. The van der Waals surface area contributed by atoms with Crippen LogP contribution in [-0.2, 0) is 13.5 Å². The fourth-order valence-electron chi connectivity index (χ4n) is 2.80. The molecule has 0 unspecified atom stereocenters. The fraction of sp³-hybridized carbons (Fsp3) is 0.158. The highest BCUT2D eigenvalue weighted by Gasteiger charge is 2.14. The summed E-state index contributed by atoms with van der Waals surface area (Å²) in [7, 11) is 1.96. The maximum atomic E-state index is 12.3. The summed E-state index contributed by atoms with van der Waals surface area (Å²) in [5.74, 6) is 0.571. The summed E-state index contributed by atoms with van der Waals surface area (Å²) in [6, 6.07) is 8.08. The minimum atomic E-state index is -0.178. The number of oxazole rings is 1. The van der Waals surface area contributed by atoms with Crippen LogP contribution in [-0.4, -0.2) is 25.3 Å². The van der Waals surface area contributed by atoms with Crippen molar-refractivity contribution >= 4 is 16.6 Å². The van der Waals surface area contributed by atoms with Crippen LogP contribution in [0.2, 0.25) is 0 Å². The molecule has 4 aromatic rings. The molecule has 6 nitrogen and oxygen atoms in total. The van der Waals surface area contributed by atoms with Gasteiger partial charge in [-0.25, -0.2) is 9.97 Å². The molecule has 124 valence electrons. The molecule has 0 radical (unpaired) electrons. The number of aryl methyl sites for hydroxylation is 2. The number of imidazole rings is 1. The number of rotatable bonds is 4. The lowest BCUT2D eigenvalue weighted by Crippen LogP contribution is -2.05. The number of pyridine rings is 1. The van der Waals surface area contributed by atoms with Gasteiger partial charge in [-0.15, -0.1) is 0 Å². The molecule has 0 saturated heterocycles. The van der Waals surface area contributed by atoms with Gasteiger partial charge in [0.25, 0.3) is 5.89 Å². The zero-order valence-electron chi connectivity index (χ0n) is 13.9. The van der Waals surface area contributed by atoms with Crippen molar-refractivity contribution in [3.8, 4) is 11.3 Å². The van der Waals surface area contributed by atoms with E-state index in [1.54, 1.807) is 25.6 Å². The van der Waals surface area contributed by atoms with E-state index >= 15 is 0 Å². The maximum Gasteiger partial charge on any atom is 0.263 e. The lowest BCUT2D eigenvalue weighted by atomic mass is 10.0. The lowest BCUT2D eigenvalue weighted by molar-refractivity contribution is 0.0957. The molecule has 0 atom stereocenters. The molecule has 3 aromatic heterocycles. The minimum absolute atomic E-state index is 0.128. The van der Waals surface area contributed by atoms with E-state index in [-0.39, 0.29) is 18.1 Å². The van der Waals surface area contributed by atoms with Crippen LogP contribution in [0, 0.1) is 6.92 Å². The van der Waals surface area contributed by atoms with Crippen molar-refractivity contribution in [3.05, 3.63) is 66.5 Å². The maximum absolute atomic E-state index is 12.3. The van der Waals surface area contributed by atoms with E-state index in [1.165, 1.54) is 0 Å². The molecule has 0 N–H and O–H groups in total. The van der Waals surface area contributed by atoms with E-state index in [2.05, 4.69) is 21.0 Å². The van der Waals surface area contributed by atoms with Gasteiger partial charge >= 0.3 is 0 Å². The summed E-state index contributed by atoms with van der Waals surface area (Å²) in [6.07, 6.45) is 7.09. The Morgan fingerprint density at radius 2 is 2.00 bits per heavy atom. The van der Waals surface area contributed by atoms with Crippen LogP contribution >= 0.6 is 0 Å². The quantitative estimate of drug-likeness (QED) is 0.536. The normalized spacial score (nSPS) is 11.1. The van der Waals surface area contributed by atoms with Crippen LogP contribution in [0.1, 0.15) is 22.1 Å². The molecule has 0 spiro atoms. The van der Waals surface area contributed by atoms with Crippen molar-refractivity contribution in [1.82, 2.24) is 19.5 Å². The van der Waals surface area contributed by atoms with Crippen molar-refractivity contribution in [2.24, 2.45) is 7.05 Å². The molecule has 0 bridgehead atoms. The Morgan fingerprint density at radius 1 is 1.12 bits per heavy atom. The topological polar surface area (TPSA) is 73.8 Å². The van der Waals surface area contributed by atoms with Crippen LogP contribution in [0.25, 0.3) is 22.0 Å². The number of fused-ring (bicyclic) bond motifs is 1.